The number of H-pyrrole nitrogens is 1. The van der Waals surface area contributed by atoms with Crippen LogP contribution in [0.1, 0.15) is 55.8 Å². The summed E-state index contributed by atoms with van der Waals surface area (Å²) in [6, 6.07) is 11.1. The Hall–Kier alpha value is -2.85. The number of halogens is 3. The molecule has 0 atom stereocenters. The maximum atomic E-state index is 13.1. The van der Waals surface area contributed by atoms with Gasteiger partial charge < -0.3 is 9.88 Å². The average Bonchev–Trinajstić information content (AvgIpc) is 3.57. The second kappa shape index (κ2) is 11.7. The minimum Gasteiger partial charge on any atom is -0.364 e. The minimum atomic E-state index is -4.52. The zero-order valence-corrected chi connectivity index (χ0v) is 21.7. The van der Waals surface area contributed by atoms with Gasteiger partial charge in [-0.15, -0.1) is 0 Å². The zero-order chi connectivity index (χ0) is 26.5. The van der Waals surface area contributed by atoms with E-state index in [9.17, 15) is 21.6 Å². The normalized spacial score (nSPS) is 17.1. The quantitative estimate of drug-likeness (QED) is 0.422. The number of hydrogen-bond acceptors (Lipinski definition) is 4. The Labute approximate surface area is 216 Å². The number of nitrogens with zero attached hydrogens (tertiary/aromatic N) is 3. The van der Waals surface area contributed by atoms with Crippen LogP contribution in [0.4, 0.5) is 18.9 Å². The van der Waals surface area contributed by atoms with E-state index in [0.29, 0.717) is 13.1 Å². The smallest absolute Gasteiger partial charge is 0.364 e. The molecule has 6 nitrogen and oxygen atoms in total. The number of alkyl halides is 3. The fourth-order valence-electron chi connectivity index (χ4n) is 4.90. The first-order chi connectivity index (χ1) is 17.7. The van der Waals surface area contributed by atoms with E-state index in [-0.39, 0.29) is 18.0 Å². The molecule has 2 aliphatic rings. The van der Waals surface area contributed by atoms with E-state index in [4.69, 9.17) is 0 Å². The van der Waals surface area contributed by atoms with Crippen molar-refractivity contribution < 1.29 is 21.6 Å². The highest BCUT2D eigenvalue weighted by Crippen LogP contribution is 2.32. The predicted octanol–water partition coefficient (Wildman–Crippen LogP) is 6.23. The lowest BCUT2D eigenvalue weighted by molar-refractivity contribution is -0.137. The van der Waals surface area contributed by atoms with E-state index in [1.54, 1.807) is 12.5 Å². The van der Waals surface area contributed by atoms with E-state index in [1.807, 2.05) is 24.3 Å². The van der Waals surface area contributed by atoms with Crippen molar-refractivity contribution in [2.45, 2.75) is 63.2 Å². The maximum Gasteiger partial charge on any atom is 0.416 e. The molecular weight excluding hydrogens is 501 g/mol. The van der Waals surface area contributed by atoms with Gasteiger partial charge in [0.2, 0.25) is 10.0 Å². The van der Waals surface area contributed by atoms with Crippen LogP contribution in [0.5, 0.6) is 0 Å². The Morgan fingerprint density at radius 1 is 1.03 bits per heavy atom. The number of para-hydroxylation sites is 1. The summed E-state index contributed by atoms with van der Waals surface area (Å²) in [4.78, 5) is 8.96. The summed E-state index contributed by atoms with van der Waals surface area (Å²) >= 11 is 0. The molecule has 1 aliphatic heterocycles. The molecular formula is C27H33F3N4O2S. The van der Waals surface area contributed by atoms with Gasteiger partial charge in [0.05, 0.1) is 29.0 Å². The fourth-order valence-corrected chi connectivity index (χ4v) is 6.31. The molecule has 1 saturated carbocycles. The van der Waals surface area contributed by atoms with Crippen molar-refractivity contribution in [3.63, 3.8) is 0 Å². The number of aromatic amines is 1. The number of sulfonamides is 1. The molecule has 2 aromatic carbocycles. The van der Waals surface area contributed by atoms with Crippen molar-refractivity contribution in [2.75, 3.05) is 18.0 Å². The van der Waals surface area contributed by atoms with Crippen molar-refractivity contribution in [1.29, 1.82) is 0 Å². The van der Waals surface area contributed by atoms with Gasteiger partial charge in [0.1, 0.15) is 0 Å². The molecule has 200 valence electrons. The molecule has 1 aromatic heterocycles. The molecule has 1 aliphatic carbocycles. The minimum absolute atomic E-state index is 0.138. The summed E-state index contributed by atoms with van der Waals surface area (Å²) in [6.07, 6.45) is 6.21. The van der Waals surface area contributed by atoms with Crippen molar-refractivity contribution in [2.24, 2.45) is 5.92 Å². The predicted molar refractivity (Wildman–Crippen MR) is 137 cm³/mol. The molecule has 0 spiro atoms. The lowest BCUT2D eigenvalue weighted by atomic mass is 10.1. The second-order valence-electron chi connectivity index (χ2n) is 9.55. The van der Waals surface area contributed by atoms with Gasteiger partial charge in [0.25, 0.3) is 0 Å². The van der Waals surface area contributed by atoms with Gasteiger partial charge in [-0.2, -0.15) is 17.5 Å². The highest BCUT2D eigenvalue weighted by Gasteiger charge is 2.33. The molecule has 1 N–H and O–H groups in total. The van der Waals surface area contributed by atoms with Crippen LogP contribution in [-0.2, 0) is 29.3 Å². The van der Waals surface area contributed by atoms with Gasteiger partial charge >= 0.3 is 6.18 Å². The van der Waals surface area contributed by atoms with Crippen molar-refractivity contribution in [3.05, 3.63) is 77.9 Å². The highest BCUT2D eigenvalue weighted by molar-refractivity contribution is 7.89. The van der Waals surface area contributed by atoms with Crippen LogP contribution in [0.15, 0.2) is 66.0 Å². The lowest BCUT2D eigenvalue weighted by Crippen LogP contribution is -2.35. The van der Waals surface area contributed by atoms with Crippen molar-refractivity contribution >= 4 is 15.7 Å². The van der Waals surface area contributed by atoms with Crippen LogP contribution in [0.25, 0.3) is 0 Å². The number of aromatic nitrogens is 2. The van der Waals surface area contributed by atoms with Crippen LogP contribution >= 0.6 is 0 Å². The van der Waals surface area contributed by atoms with E-state index in [0.717, 1.165) is 47.1 Å². The molecule has 5 rings (SSSR count). The van der Waals surface area contributed by atoms with Crippen LogP contribution in [0, 0.1) is 5.92 Å². The average molecular weight is 535 g/mol. The Morgan fingerprint density at radius 3 is 2.32 bits per heavy atom. The SMILES string of the molecule is CCC1CCCC1.O=S(=O)(c1ccc(C(F)(F)F)cc1)N1CCN(Cc2cnc[nH]2)c2ccccc2C1. The third-order valence-electron chi connectivity index (χ3n) is 7.09. The van der Waals surface area contributed by atoms with Gasteiger partial charge in [-0.25, -0.2) is 13.4 Å². The summed E-state index contributed by atoms with van der Waals surface area (Å²) < 4.78 is 66.0. The summed E-state index contributed by atoms with van der Waals surface area (Å²) in [7, 11) is -3.96. The molecule has 0 unspecified atom stereocenters. The number of fused-ring (bicyclic) bond motifs is 1. The summed E-state index contributed by atoms with van der Waals surface area (Å²) in [5.41, 5.74) is 1.75. The Bertz CT molecular complexity index is 1240. The molecule has 37 heavy (non-hydrogen) atoms. The highest BCUT2D eigenvalue weighted by atomic mass is 32.2. The number of benzene rings is 2. The van der Waals surface area contributed by atoms with Gasteiger partial charge in [0.15, 0.2) is 0 Å². The third-order valence-corrected chi connectivity index (χ3v) is 8.95. The monoisotopic (exact) mass is 534 g/mol. The molecule has 0 radical (unpaired) electrons. The number of rotatable bonds is 5. The van der Waals surface area contributed by atoms with E-state index < -0.39 is 21.8 Å². The van der Waals surface area contributed by atoms with E-state index in [2.05, 4.69) is 21.8 Å². The Kier molecular flexibility index (Phi) is 8.59. The summed E-state index contributed by atoms with van der Waals surface area (Å²) in [5, 5.41) is 0. The molecule has 0 saturated heterocycles. The summed E-state index contributed by atoms with van der Waals surface area (Å²) in [6.45, 7) is 3.60. The number of nitrogens with one attached hydrogen (secondary N) is 1. The lowest BCUT2D eigenvalue weighted by Gasteiger charge is -2.24. The first kappa shape index (κ1) is 27.2. The van der Waals surface area contributed by atoms with Gasteiger partial charge in [-0.1, -0.05) is 57.2 Å². The van der Waals surface area contributed by atoms with Crippen LogP contribution in [0.2, 0.25) is 0 Å². The molecule has 0 amide bonds. The molecule has 2 heterocycles. The Balaban J connectivity index is 0.000000396. The van der Waals surface area contributed by atoms with Gasteiger partial charge in [-0.3, -0.25) is 0 Å². The fraction of sp³-hybridized carbons (Fsp3) is 0.444. The van der Waals surface area contributed by atoms with E-state index in [1.165, 1.54) is 36.4 Å². The maximum absolute atomic E-state index is 13.1. The molecule has 0 bridgehead atoms. The topological polar surface area (TPSA) is 69.3 Å². The van der Waals surface area contributed by atoms with E-state index >= 15 is 0 Å². The van der Waals surface area contributed by atoms with Crippen LogP contribution in [0.3, 0.4) is 0 Å². The number of anilines is 1. The molecule has 10 heteroatoms. The molecule has 3 aromatic rings. The standard InChI is InChI=1S/C20H19F3N4O2S.C7H14/c21-20(22,23)16-5-7-18(8-6-16)30(28,29)27-10-9-26(13-17-11-24-14-25-17)19-4-2-1-3-15(19)12-27;1-2-7-5-3-4-6-7/h1-8,11,14H,9-10,12-13H2,(H,24,25);7H,2-6H2,1H3. The molecule has 1 fully saturated rings. The van der Waals surface area contributed by atoms with Crippen molar-refractivity contribution in [1.82, 2.24) is 14.3 Å². The van der Waals surface area contributed by atoms with Crippen molar-refractivity contribution in [3.8, 4) is 0 Å². The third kappa shape index (κ3) is 6.73. The zero-order valence-electron chi connectivity index (χ0n) is 20.9. The van der Waals surface area contributed by atoms with Gasteiger partial charge in [-0.05, 0) is 41.8 Å². The first-order valence-electron chi connectivity index (χ1n) is 12.7. The largest absolute Gasteiger partial charge is 0.416 e. The first-order valence-corrected chi connectivity index (χ1v) is 14.1. The Morgan fingerprint density at radius 2 is 1.73 bits per heavy atom. The number of hydrogen-bond donors (Lipinski definition) is 1. The second-order valence-corrected chi connectivity index (χ2v) is 11.5. The van der Waals surface area contributed by atoms with Crippen LogP contribution in [-0.4, -0.2) is 35.8 Å². The van der Waals surface area contributed by atoms with Gasteiger partial charge in [0, 0.05) is 31.5 Å². The number of imidazole rings is 1. The van der Waals surface area contributed by atoms with Crippen LogP contribution < -0.4 is 4.90 Å². The summed E-state index contributed by atoms with van der Waals surface area (Å²) in [5.74, 6) is 1.10.